The number of ether oxygens (including phenoxy) is 1. The number of carbonyl (C=O) groups excluding carboxylic acids is 1. The summed E-state index contributed by atoms with van der Waals surface area (Å²) in [7, 11) is 0. The number of rotatable bonds is 5. The van der Waals surface area contributed by atoms with Crippen LogP contribution in [0.2, 0.25) is 0 Å². The molecule has 0 atom stereocenters. The maximum absolute atomic E-state index is 11.7. The molecule has 0 fully saturated rings. The Hall–Kier alpha value is -2.14. The number of aryl methyl sites for hydroxylation is 2. The minimum absolute atomic E-state index is 0.0707. The van der Waals surface area contributed by atoms with Crippen LogP contribution in [0.3, 0.4) is 0 Å². The highest BCUT2D eigenvalue weighted by molar-refractivity contribution is 9.10. The summed E-state index contributed by atoms with van der Waals surface area (Å²) < 4.78 is 6.42. The van der Waals surface area contributed by atoms with Gasteiger partial charge in [-0.1, -0.05) is 34.1 Å². The molecule has 0 aliphatic heterocycles. The van der Waals surface area contributed by atoms with Gasteiger partial charge in [-0.2, -0.15) is 5.10 Å². The second-order valence-electron chi connectivity index (χ2n) is 4.96. The van der Waals surface area contributed by atoms with Crippen LogP contribution in [-0.4, -0.2) is 18.7 Å². The van der Waals surface area contributed by atoms with Crippen molar-refractivity contribution in [3.05, 3.63) is 63.6 Å². The Morgan fingerprint density at radius 2 is 1.95 bits per heavy atom. The number of carbonyl (C=O) groups is 1. The van der Waals surface area contributed by atoms with Crippen LogP contribution in [0.4, 0.5) is 0 Å². The number of nitrogens with one attached hydrogen (secondary N) is 1. The van der Waals surface area contributed by atoms with Gasteiger partial charge in [-0.15, -0.1) is 0 Å². The van der Waals surface area contributed by atoms with E-state index in [4.69, 9.17) is 4.74 Å². The zero-order chi connectivity index (χ0) is 15.9. The fraction of sp³-hybridized carbons (Fsp3) is 0.176. The lowest BCUT2D eigenvalue weighted by atomic mass is 10.1. The van der Waals surface area contributed by atoms with Gasteiger partial charge < -0.3 is 4.74 Å². The van der Waals surface area contributed by atoms with E-state index in [1.807, 2.05) is 50.2 Å². The summed E-state index contributed by atoms with van der Waals surface area (Å²) in [5.41, 5.74) is 5.53. The quantitative estimate of drug-likeness (QED) is 0.654. The molecule has 0 saturated carbocycles. The number of nitrogens with zero attached hydrogens (tertiary/aromatic N) is 1. The van der Waals surface area contributed by atoms with Crippen molar-refractivity contribution < 1.29 is 9.53 Å². The third kappa shape index (κ3) is 5.33. The molecule has 0 saturated heterocycles. The van der Waals surface area contributed by atoms with Crippen molar-refractivity contribution in [3.8, 4) is 5.75 Å². The maximum atomic E-state index is 11.7. The van der Waals surface area contributed by atoms with E-state index >= 15 is 0 Å². The fourth-order valence-corrected chi connectivity index (χ4v) is 2.38. The van der Waals surface area contributed by atoms with Gasteiger partial charge in [-0.05, 0) is 54.8 Å². The van der Waals surface area contributed by atoms with E-state index in [2.05, 4.69) is 32.5 Å². The molecule has 0 unspecified atom stereocenters. The van der Waals surface area contributed by atoms with E-state index in [0.29, 0.717) is 5.75 Å². The molecule has 0 radical (unpaired) electrons. The molecular weight excluding hydrogens is 344 g/mol. The van der Waals surface area contributed by atoms with Crippen LogP contribution < -0.4 is 10.2 Å². The number of hydrogen-bond acceptors (Lipinski definition) is 3. The van der Waals surface area contributed by atoms with E-state index < -0.39 is 0 Å². The minimum Gasteiger partial charge on any atom is -0.484 e. The van der Waals surface area contributed by atoms with Gasteiger partial charge in [0.05, 0.1) is 6.21 Å². The van der Waals surface area contributed by atoms with E-state index in [9.17, 15) is 4.79 Å². The third-order valence-electron chi connectivity index (χ3n) is 2.82. The number of halogens is 1. The Labute approximate surface area is 138 Å². The summed E-state index contributed by atoms with van der Waals surface area (Å²) in [6.07, 6.45) is 1.58. The Kier molecular flexibility index (Phi) is 5.72. The lowest BCUT2D eigenvalue weighted by Crippen LogP contribution is -2.24. The molecule has 2 rings (SSSR count). The molecule has 22 heavy (non-hydrogen) atoms. The van der Waals surface area contributed by atoms with Crippen LogP contribution in [0.5, 0.6) is 5.75 Å². The van der Waals surface area contributed by atoms with E-state index in [1.54, 1.807) is 6.21 Å². The van der Waals surface area contributed by atoms with Gasteiger partial charge in [0.2, 0.25) is 0 Å². The third-order valence-corrected chi connectivity index (χ3v) is 3.31. The molecule has 1 amide bonds. The predicted molar refractivity (Wildman–Crippen MR) is 91.3 cm³/mol. The number of hydrazone groups is 1. The van der Waals surface area contributed by atoms with Gasteiger partial charge in [-0.25, -0.2) is 5.43 Å². The summed E-state index contributed by atoms with van der Waals surface area (Å²) in [6, 6.07) is 13.5. The summed E-state index contributed by atoms with van der Waals surface area (Å²) in [6.45, 7) is 3.91. The second-order valence-corrected chi connectivity index (χ2v) is 5.88. The molecule has 4 nitrogen and oxygen atoms in total. The van der Waals surface area contributed by atoms with E-state index in [-0.39, 0.29) is 12.5 Å². The fourth-order valence-electron chi connectivity index (χ4n) is 1.96. The zero-order valence-electron chi connectivity index (χ0n) is 12.5. The smallest absolute Gasteiger partial charge is 0.277 e. The Morgan fingerprint density at radius 3 is 2.64 bits per heavy atom. The summed E-state index contributed by atoms with van der Waals surface area (Å²) in [4.78, 5) is 11.7. The first kappa shape index (κ1) is 16.2. The monoisotopic (exact) mass is 360 g/mol. The Balaban J connectivity index is 1.83. The zero-order valence-corrected chi connectivity index (χ0v) is 14.1. The first-order chi connectivity index (χ1) is 10.5. The maximum Gasteiger partial charge on any atom is 0.277 e. The summed E-state index contributed by atoms with van der Waals surface area (Å²) in [5, 5.41) is 3.90. The van der Waals surface area contributed by atoms with Crippen LogP contribution in [0.15, 0.2) is 52.0 Å². The first-order valence-corrected chi connectivity index (χ1v) is 7.61. The van der Waals surface area contributed by atoms with E-state index in [1.165, 1.54) is 0 Å². The van der Waals surface area contributed by atoms with Gasteiger partial charge in [-0.3, -0.25) is 4.79 Å². The Bertz CT molecular complexity index is 679. The van der Waals surface area contributed by atoms with Gasteiger partial charge in [0.25, 0.3) is 5.91 Å². The Morgan fingerprint density at radius 1 is 1.23 bits per heavy atom. The van der Waals surface area contributed by atoms with E-state index in [0.717, 1.165) is 21.2 Å². The van der Waals surface area contributed by atoms with Crippen molar-refractivity contribution in [1.82, 2.24) is 5.43 Å². The average molecular weight is 361 g/mol. The highest BCUT2D eigenvalue weighted by Gasteiger charge is 2.02. The molecule has 0 spiro atoms. The molecule has 2 aromatic rings. The first-order valence-electron chi connectivity index (χ1n) is 6.81. The van der Waals surface area contributed by atoms with Crippen LogP contribution in [0, 0.1) is 13.8 Å². The van der Waals surface area contributed by atoms with Crippen molar-refractivity contribution in [1.29, 1.82) is 0 Å². The number of hydrogen-bond donors (Lipinski definition) is 1. The molecule has 5 heteroatoms. The molecule has 1 N–H and O–H groups in total. The van der Waals surface area contributed by atoms with Crippen molar-refractivity contribution in [3.63, 3.8) is 0 Å². The molecule has 0 heterocycles. The summed E-state index contributed by atoms with van der Waals surface area (Å²) in [5.74, 6) is 0.383. The van der Waals surface area contributed by atoms with Crippen molar-refractivity contribution in [2.75, 3.05) is 6.61 Å². The minimum atomic E-state index is -0.301. The SMILES string of the molecule is Cc1cc(C)cc(OCC(=O)N/N=C/c2cccc(Br)c2)c1. The topological polar surface area (TPSA) is 50.7 Å². The van der Waals surface area contributed by atoms with Crippen molar-refractivity contribution >= 4 is 28.1 Å². The van der Waals surface area contributed by atoms with Gasteiger partial charge in [0.1, 0.15) is 5.75 Å². The molecule has 2 aromatic carbocycles. The van der Waals surface area contributed by atoms with Crippen LogP contribution >= 0.6 is 15.9 Å². The molecule has 0 aromatic heterocycles. The standard InChI is InChI=1S/C17H17BrN2O2/c1-12-6-13(2)8-16(7-12)22-11-17(21)20-19-10-14-4-3-5-15(18)9-14/h3-10H,11H2,1-2H3,(H,20,21)/b19-10+. The normalized spacial score (nSPS) is 10.7. The molecular formula is C17H17BrN2O2. The van der Waals surface area contributed by atoms with Gasteiger partial charge in [0.15, 0.2) is 6.61 Å². The van der Waals surface area contributed by atoms with Crippen LogP contribution in [0.1, 0.15) is 16.7 Å². The average Bonchev–Trinajstić information content (AvgIpc) is 2.44. The van der Waals surface area contributed by atoms with Crippen molar-refractivity contribution in [2.24, 2.45) is 5.10 Å². The van der Waals surface area contributed by atoms with Crippen LogP contribution in [0.25, 0.3) is 0 Å². The highest BCUT2D eigenvalue weighted by atomic mass is 79.9. The van der Waals surface area contributed by atoms with Crippen LogP contribution in [-0.2, 0) is 4.79 Å². The molecule has 114 valence electrons. The molecule has 0 bridgehead atoms. The van der Waals surface area contributed by atoms with Gasteiger partial charge >= 0.3 is 0 Å². The predicted octanol–water partition coefficient (Wildman–Crippen LogP) is 3.60. The largest absolute Gasteiger partial charge is 0.484 e. The number of benzene rings is 2. The lowest BCUT2D eigenvalue weighted by Gasteiger charge is -2.07. The number of amides is 1. The second kappa shape index (κ2) is 7.75. The molecule has 0 aliphatic carbocycles. The van der Waals surface area contributed by atoms with Crippen molar-refractivity contribution in [2.45, 2.75) is 13.8 Å². The highest BCUT2D eigenvalue weighted by Crippen LogP contribution is 2.15. The lowest BCUT2D eigenvalue weighted by molar-refractivity contribution is -0.123. The van der Waals surface area contributed by atoms with Gasteiger partial charge in [0, 0.05) is 4.47 Å². The molecule has 0 aliphatic rings. The summed E-state index contributed by atoms with van der Waals surface area (Å²) >= 11 is 3.38.